The van der Waals surface area contributed by atoms with Gasteiger partial charge in [-0.15, -0.1) is 10.2 Å². The molecule has 0 radical (unpaired) electrons. The van der Waals surface area contributed by atoms with Gasteiger partial charge in [0.15, 0.2) is 5.82 Å². The molecule has 0 aromatic carbocycles. The van der Waals surface area contributed by atoms with Gasteiger partial charge in [0.2, 0.25) is 11.8 Å². The van der Waals surface area contributed by atoms with Crippen molar-refractivity contribution >= 4 is 0 Å². The molecule has 52 heavy (non-hydrogen) atoms. The molecule has 0 saturated heterocycles. The maximum atomic E-state index is 5.59. The van der Waals surface area contributed by atoms with Crippen LogP contribution in [0.3, 0.4) is 0 Å². The van der Waals surface area contributed by atoms with Crippen molar-refractivity contribution in [1.82, 2.24) is 40.3 Å². The lowest BCUT2D eigenvalue weighted by Crippen LogP contribution is -2.23. The molecule has 0 amide bonds. The fourth-order valence-electron chi connectivity index (χ4n) is 3.84. The summed E-state index contributed by atoms with van der Waals surface area (Å²) in [4.78, 5) is 4.49. The van der Waals surface area contributed by atoms with Crippen LogP contribution in [0.5, 0.6) is 0 Å². The highest BCUT2D eigenvalue weighted by molar-refractivity contribution is 5.18. The van der Waals surface area contributed by atoms with Crippen LogP contribution in [0.1, 0.15) is 207 Å². The van der Waals surface area contributed by atoms with Crippen LogP contribution in [-0.2, 0) is 43.4 Å². The van der Waals surface area contributed by atoms with E-state index in [1.54, 1.807) is 0 Å². The van der Waals surface area contributed by atoms with E-state index in [0.29, 0.717) is 11.8 Å². The van der Waals surface area contributed by atoms with Crippen molar-refractivity contribution in [2.45, 2.75) is 210 Å². The Kier molecular flexibility index (Phi) is 14.4. The summed E-state index contributed by atoms with van der Waals surface area (Å²) >= 11 is 0. The Bertz CT molecular complexity index is 1280. The molecule has 0 aliphatic heterocycles. The molecule has 4 aromatic rings. The van der Waals surface area contributed by atoms with Gasteiger partial charge >= 0.3 is 0 Å². The number of hydrogen-bond donors (Lipinski definition) is 1. The van der Waals surface area contributed by atoms with E-state index in [-0.39, 0.29) is 43.4 Å². The summed E-state index contributed by atoms with van der Waals surface area (Å²) in [6.45, 7) is 50.9. The van der Waals surface area contributed by atoms with E-state index in [1.165, 1.54) is 0 Å². The van der Waals surface area contributed by atoms with E-state index in [2.05, 4.69) is 220 Å². The average molecular weight is 725 g/mol. The molecule has 4 heterocycles. The first kappa shape index (κ1) is 46.7. The highest BCUT2D eigenvalue weighted by atomic mass is 16.5. The fraction of sp³-hybridized carbons (Fsp3) is 0.762. The van der Waals surface area contributed by atoms with E-state index >= 15 is 0 Å². The Balaban J connectivity index is 0.000000347. The molecule has 0 unspecified atom stereocenters. The molecule has 0 aliphatic carbocycles. The van der Waals surface area contributed by atoms with Crippen LogP contribution in [0.4, 0.5) is 0 Å². The number of hydrogen-bond acceptors (Lipinski definition) is 8. The summed E-state index contributed by atoms with van der Waals surface area (Å²) in [5.41, 5.74) is 2.51. The number of nitrogens with zero attached hydrogens (tertiary/aromatic N) is 7. The maximum absolute atomic E-state index is 5.59. The summed E-state index contributed by atoms with van der Waals surface area (Å²) in [5.74, 6) is 4.21. The lowest BCUT2D eigenvalue weighted by molar-refractivity contribution is 0.319. The first-order chi connectivity index (χ1) is 22.8. The third kappa shape index (κ3) is 15.0. The summed E-state index contributed by atoms with van der Waals surface area (Å²) in [6, 6.07) is 4.16. The molecule has 10 heteroatoms. The average Bonchev–Trinajstić information content (AvgIpc) is 3.72. The molecule has 0 spiro atoms. The Labute approximate surface area is 317 Å². The van der Waals surface area contributed by atoms with Crippen LogP contribution in [-0.4, -0.2) is 40.3 Å². The van der Waals surface area contributed by atoms with Crippen molar-refractivity contribution in [1.29, 1.82) is 0 Å². The summed E-state index contributed by atoms with van der Waals surface area (Å²) in [7, 11) is 0. The standard InChI is InChI=1S/C11H20N2.C11H19NO.C10H19N3.C10H18N2O/c1-10(2,3)9-7-8-13(12-9)11(4,5)6;1-10(2,3)8-7-9(13-12-8)11(4,5)6;1-9(2,3)7-11-8(13-12-7)10(4,5)6;1-9(2,3)7-11-12-8(13-7)10(4,5)6/h7-8H,1-6H3;7H,1-6H3;1-6H3,(H,11,12,13);1-6H3. The summed E-state index contributed by atoms with van der Waals surface area (Å²) in [5, 5.41) is 23.9. The van der Waals surface area contributed by atoms with Crippen molar-refractivity contribution < 1.29 is 8.94 Å². The van der Waals surface area contributed by atoms with Crippen LogP contribution < -0.4 is 0 Å². The van der Waals surface area contributed by atoms with E-state index < -0.39 is 0 Å². The van der Waals surface area contributed by atoms with Crippen molar-refractivity contribution in [3.63, 3.8) is 0 Å². The van der Waals surface area contributed by atoms with Crippen LogP contribution in [0, 0.1) is 0 Å². The number of aromatic amines is 1. The molecule has 0 atom stereocenters. The second-order valence-electron chi connectivity index (χ2n) is 22.1. The van der Waals surface area contributed by atoms with Crippen molar-refractivity contribution in [3.05, 3.63) is 58.9 Å². The Morgan fingerprint density at radius 1 is 0.538 bits per heavy atom. The van der Waals surface area contributed by atoms with Gasteiger partial charge < -0.3 is 8.94 Å². The SMILES string of the molecule is CC(C)(C)c1cc(C(C)(C)C)on1.CC(C)(C)c1ccn(C(C)(C)C)n1.CC(C)(C)c1n[nH]c(C(C)(C)C)n1.CC(C)(C)c1nnc(C(C)(C)C)o1. The zero-order valence-corrected chi connectivity index (χ0v) is 37.7. The first-order valence-corrected chi connectivity index (χ1v) is 18.7. The molecule has 0 fully saturated rings. The maximum Gasteiger partial charge on any atom is 0.221 e. The topological polar surface area (TPSA) is 124 Å². The zero-order chi connectivity index (χ0) is 41.1. The zero-order valence-electron chi connectivity index (χ0n) is 37.7. The predicted octanol–water partition coefficient (Wildman–Crippen LogP) is 11.3. The molecule has 10 nitrogen and oxygen atoms in total. The monoisotopic (exact) mass is 725 g/mol. The van der Waals surface area contributed by atoms with Gasteiger partial charge in [-0.05, 0) is 26.8 Å². The van der Waals surface area contributed by atoms with Crippen molar-refractivity contribution in [2.75, 3.05) is 0 Å². The molecule has 4 aromatic heterocycles. The van der Waals surface area contributed by atoms with Crippen LogP contribution in [0.15, 0.2) is 27.3 Å². The predicted molar refractivity (Wildman–Crippen MR) is 215 cm³/mol. The Hall–Kier alpha value is -3.30. The highest BCUT2D eigenvalue weighted by Gasteiger charge is 2.28. The van der Waals surface area contributed by atoms with Crippen LogP contribution in [0.25, 0.3) is 0 Å². The van der Waals surface area contributed by atoms with E-state index in [9.17, 15) is 0 Å². The molecule has 296 valence electrons. The molecule has 1 N–H and O–H groups in total. The number of rotatable bonds is 0. The first-order valence-electron chi connectivity index (χ1n) is 18.7. The van der Waals surface area contributed by atoms with Crippen LogP contribution >= 0.6 is 0 Å². The second kappa shape index (κ2) is 16.0. The molecular weight excluding hydrogens is 649 g/mol. The van der Waals surface area contributed by atoms with Gasteiger partial charge in [-0.2, -0.15) is 10.2 Å². The quantitative estimate of drug-likeness (QED) is 0.190. The molecule has 0 aliphatic rings. The van der Waals surface area contributed by atoms with E-state index in [4.69, 9.17) is 8.94 Å². The molecule has 4 rings (SSSR count). The number of H-pyrrole nitrogens is 1. The smallest absolute Gasteiger partial charge is 0.221 e. The molecule has 0 saturated carbocycles. The van der Waals surface area contributed by atoms with Crippen molar-refractivity contribution in [3.8, 4) is 0 Å². The van der Waals surface area contributed by atoms with Gasteiger partial charge in [-0.25, -0.2) is 4.98 Å². The normalized spacial score (nSPS) is 13.4. The van der Waals surface area contributed by atoms with Crippen molar-refractivity contribution in [2.24, 2.45) is 0 Å². The second-order valence-corrected chi connectivity index (χ2v) is 22.1. The number of nitrogens with one attached hydrogen (secondary N) is 1. The summed E-state index contributed by atoms with van der Waals surface area (Å²) in [6.07, 6.45) is 2.06. The van der Waals surface area contributed by atoms with E-state index in [1.807, 2.05) is 4.68 Å². The third-order valence-electron chi connectivity index (χ3n) is 7.64. The lowest BCUT2D eigenvalue weighted by atomic mass is 9.88. The highest BCUT2D eigenvalue weighted by Crippen LogP contribution is 2.29. The Morgan fingerprint density at radius 2 is 1.00 bits per heavy atom. The Morgan fingerprint density at radius 3 is 1.21 bits per heavy atom. The minimum atomic E-state index is -0.0590. The van der Waals surface area contributed by atoms with Gasteiger partial charge in [0.1, 0.15) is 11.6 Å². The molecular formula is C42H76N8O2. The number of aromatic nitrogens is 8. The van der Waals surface area contributed by atoms with E-state index in [0.717, 1.165) is 28.8 Å². The fourth-order valence-corrected chi connectivity index (χ4v) is 3.84. The lowest BCUT2D eigenvalue weighted by Gasteiger charge is -2.20. The third-order valence-corrected chi connectivity index (χ3v) is 7.64. The minimum Gasteiger partial charge on any atom is -0.424 e. The van der Waals surface area contributed by atoms with Gasteiger partial charge in [-0.3, -0.25) is 9.78 Å². The molecule has 0 bridgehead atoms. The van der Waals surface area contributed by atoms with Gasteiger partial charge in [0, 0.05) is 50.2 Å². The summed E-state index contributed by atoms with van der Waals surface area (Å²) < 4.78 is 12.9. The van der Waals surface area contributed by atoms with Gasteiger partial charge in [-0.1, -0.05) is 151 Å². The van der Waals surface area contributed by atoms with Gasteiger partial charge in [0.05, 0.1) is 16.9 Å². The van der Waals surface area contributed by atoms with Gasteiger partial charge in [0.25, 0.3) is 0 Å². The van der Waals surface area contributed by atoms with Crippen LogP contribution in [0.2, 0.25) is 0 Å². The largest absolute Gasteiger partial charge is 0.424 e. The minimum absolute atomic E-state index is 0.0278.